The highest BCUT2D eigenvalue weighted by Gasteiger charge is 2.27. The van der Waals surface area contributed by atoms with Crippen molar-refractivity contribution in [3.8, 4) is 11.7 Å². The van der Waals surface area contributed by atoms with Gasteiger partial charge in [-0.3, -0.25) is 5.10 Å². The Labute approximate surface area is 97.8 Å². The zero-order chi connectivity index (χ0) is 11.8. The van der Waals surface area contributed by atoms with Crippen LogP contribution in [0.3, 0.4) is 0 Å². The van der Waals surface area contributed by atoms with Crippen LogP contribution < -0.4 is 5.73 Å². The van der Waals surface area contributed by atoms with Gasteiger partial charge >= 0.3 is 0 Å². The summed E-state index contributed by atoms with van der Waals surface area (Å²) >= 11 is 0. The van der Waals surface area contributed by atoms with E-state index in [-0.39, 0.29) is 5.95 Å². The summed E-state index contributed by atoms with van der Waals surface area (Å²) in [5, 5.41) is 10.4. The van der Waals surface area contributed by atoms with Crippen LogP contribution in [0.1, 0.15) is 37.9 Å². The number of hydrogen-bond donors (Lipinski definition) is 2. The van der Waals surface area contributed by atoms with Crippen molar-refractivity contribution in [2.24, 2.45) is 5.92 Å². The Morgan fingerprint density at radius 3 is 2.88 bits per heavy atom. The highest BCUT2D eigenvalue weighted by Crippen LogP contribution is 2.36. The fourth-order valence-corrected chi connectivity index (χ4v) is 2.31. The Hall–Kier alpha value is -1.92. The van der Waals surface area contributed by atoms with E-state index in [1.54, 1.807) is 0 Å². The van der Waals surface area contributed by atoms with Gasteiger partial charge in [0.25, 0.3) is 5.89 Å². The van der Waals surface area contributed by atoms with E-state index < -0.39 is 0 Å². The van der Waals surface area contributed by atoms with Crippen molar-refractivity contribution in [3.05, 3.63) is 5.82 Å². The summed E-state index contributed by atoms with van der Waals surface area (Å²) in [6.07, 6.45) is 3.47. The second-order valence-electron chi connectivity index (χ2n) is 4.62. The monoisotopic (exact) mass is 234 g/mol. The molecule has 2 heterocycles. The Balaban J connectivity index is 1.83. The summed E-state index contributed by atoms with van der Waals surface area (Å²) in [5.41, 5.74) is 5.42. The van der Waals surface area contributed by atoms with Crippen LogP contribution in [0, 0.1) is 5.92 Å². The maximum atomic E-state index is 5.42. The van der Waals surface area contributed by atoms with Crippen molar-refractivity contribution in [1.29, 1.82) is 0 Å². The van der Waals surface area contributed by atoms with Crippen molar-refractivity contribution in [2.75, 3.05) is 5.73 Å². The van der Waals surface area contributed by atoms with Crippen LogP contribution in [0.4, 0.5) is 5.95 Å². The van der Waals surface area contributed by atoms with Crippen molar-refractivity contribution in [1.82, 2.24) is 25.3 Å². The molecule has 7 heteroatoms. The van der Waals surface area contributed by atoms with E-state index in [2.05, 4.69) is 32.2 Å². The maximum Gasteiger partial charge on any atom is 0.295 e. The van der Waals surface area contributed by atoms with Gasteiger partial charge < -0.3 is 10.3 Å². The van der Waals surface area contributed by atoms with Crippen LogP contribution >= 0.6 is 0 Å². The Morgan fingerprint density at radius 1 is 1.35 bits per heavy atom. The SMILES string of the molecule is CC1CCC(c2noc(-c3nc(N)n[nH]3)n2)C1. The minimum Gasteiger partial charge on any atom is -0.366 e. The van der Waals surface area contributed by atoms with E-state index in [9.17, 15) is 0 Å². The average molecular weight is 234 g/mol. The lowest BCUT2D eigenvalue weighted by molar-refractivity contribution is 0.412. The Bertz CT molecular complexity index is 518. The number of nitrogens with one attached hydrogen (secondary N) is 1. The molecule has 0 spiro atoms. The second-order valence-corrected chi connectivity index (χ2v) is 4.62. The average Bonchev–Trinajstić information content (AvgIpc) is 2.96. The maximum absolute atomic E-state index is 5.42. The standard InChI is InChI=1S/C10H14N6O/c1-5-2-3-6(4-5)7-12-9(17-16-7)8-13-10(11)15-14-8/h5-6H,2-4H2,1H3,(H3,11,13,14,15). The third-order valence-electron chi connectivity index (χ3n) is 3.21. The van der Waals surface area contributed by atoms with E-state index in [4.69, 9.17) is 10.3 Å². The highest BCUT2D eigenvalue weighted by molar-refractivity contribution is 5.41. The van der Waals surface area contributed by atoms with Gasteiger partial charge in [-0.2, -0.15) is 9.97 Å². The molecule has 2 aromatic heterocycles. The number of nitrogens with two attached hydrogens (primary N) is 1. The molecule has 2 atom stereocenters. The van der Waals surface area contributed by atoms with Crippen LogP contribution in [-0.4, -0.2) is 25.3 Å². The molecular weight excluding hydrogens is 220 g/mol. The third-order valence-corrected chi connectivity index (χ3v) is 3.21. The predicted octanol–water partition coefficient (Wildman–Crippen LogP) is 1.34. The molecule has 1 fully saturated rings. The summed E-state index contributed by atoms with van der Waals surface area (Å²) in [5.74, 6) is 2.86. The van der Waals surface area contributed by atoms with Crippen molar-refractivity contribution in [3.63, 3.8) is 0 Å². The fraction of sp³-hybridized carbons (Fsp3) is 0.600. The molecule has 0 aromatic carbocycles. The van der Waals surface area contributed by atoms with Gasteiger partial charge in [-0.05, 0) is 25.2 Å². The zero-order valence-corrected chi connectivity index (χ0v) is 9.55. The lowest BCUT2D eigenvalue weighted by atomic mass is 10.1. The van der Waals surface area contributed by atoms with E-state index in [1.807, 2.05) is 0 Å². The number of H-pyrrole nitrogens is 1. The van der Waals surface area contributed by atoms with Crippen LogP contribution in [-0.2, 0) is 0 Å². The van der Waals surface area contributed by atoms with Gasteiger partial charge in [-0.25, -0.2) is 0 Å². The van der Waals surface area contributed by atoms with Gasteiger partial charge in [0.05, 0.1) is 0 Å². The summed E-state index contributed by atoms with van der Waals surface area (Å²) in [7, 11) is 0. The van der Waals surface area contributed by atoms with Crippen molar-refractivity contribution >= 4 is 5.95 Å². The molecule has 1 saturated carbocycles. The smallest absolute Gasteiger partial charge is 0.295 e. The number of hydrogen-bond acceptors (Lipinski definition) is 6. The van der Waals surface area contributed by atoms with Crippen LogP contribution in [0.25, 0.3) is 11.7 Å². The summed E-state index contributed by atoms with van der Waals surface area (Å²) in [6.45, 7) is 2.25. The molecule has 1 aliphatic carbocycles. The van der Waals surface area contributed by atoms with E-state index in [0.29, 0.717) is 17.6 Å². The molecular formula is C10H14N6O. The fourth-order valence-electron chi connectivity index (χ4n) is 2.31. The first-order valence-electron chi connectivity index (χ1n) is 5.74. The second kappa shape index (κ2) is 3.83. The van der Waals surface area contributed by atoms with Gasteiger partial charge in [0.2, 0.25) is 11.8 Å². The quantitative estimate of drug-likeness (QED) is 0.812. The minimum absolute atomic E-state index is 0.175. The van der Waals surface area contributed by atoms with Crippen molar-refractivity contribution < 1.29 is 4.52 Å². The Morgan fingerprint density at radius 2 is 2.24 bits per heavy atom. The molecule has 7 nitrogen and oxygen atoms in total. The zero-order valence-electron chi connectivity index (χ0n) is 9.55. The largest absolute Gasteiger partial charge is 0.366 e. The molecule has 17 heavy (non-hydrogen) atoms. The number of aromatic nitrogens is 5. The van der Waals surface area contributed by atoms with Crippen LogP contribution in [0.5, 0.6) is 0 Å². The van der Waals surface area contributed by atoms with Crippen molar-refractivity contribution in [2.45, 2.75) is 32.1 Å². The topological polar surface area (TPSA) is 107 Å². The first-order chi connectivity index (χ1) is 8.22. The van der Waals surface area contributed by atoms with E-state index in [1.165, 1.54) is 6.42 Å². The van der Waals surface area contributed by atoms with Gasteiger partial charge in [0.15, 0.2) is 5.82 Å². The molecule has 0 amide bonds. The molecule has 1 aliphatic rings. The van der Waals surface area contributed by atoms with Gasteiger partial charge in [-0.1, -0.05) is 12.1 Å². The molecule has 0 aliphatic heterocycles. The summed E-state index contributed by atoms with van der Waals surface area (Å²) in [4.78, 5) is 8.29. The Kier molecular flexibility index (Phi) is 2.31. The summed E-state index contributed by atoms with van der Waals surface area (Å²) < 4.78 is 5.16. The lowest BCUT2D eigenvalue weighted by Crippen LogP contribution is -1.96. The number of rotatable bonds is 2. The molecule has 90 valence electrons. The minimum atomic E-state index is 0.175. The molecule has 0 radical (unpaired) electrons. The molecule has 2 unspecified atom stereocenters. The van der Waals surface area contributed by atoms with Gasteiger partial charge in [0.1, 0.15) is 0 Å². The summed E-state index contributed by atoms with van der Waals surface area (Å²) in [6, 6.07) is 0. The van der Waals surface area contributed by atoms with Crippen LogP contribution in [0.2, 0.25) is 0 Å². The molecule has 3 N–H and O–H groups in total. The highest BCUT2D eigenvalue weighted by atomic mass is 16.5. The molecule has 0 bridgehead atoms. The molecule has 3 rings (SSSR count). The lowest BCUT2D eigenvalue weighted by Gasteiger charge is -2.01. The molecule has 0 saturated heterocycles. The van der Waals surface area contributed by atoms with Gasteiger partial charge in [-0.15, -0.1) is 5.10 Å². The predicted molar refractivity (Wildman–Crippen MR) is 59.8 cm³/mol. The number of aromatic amines is 1. The first-order valence-corrected chi connectivity index (χ1v) is 5.74. The number of nitrogen functional groups attached to an aromatic ring is 1. The normalized spacial score (nSPS) is 24.3. The number of nitrogens with zero attached hydrogens (tertiary/aromatic N) is 4. The van der Waals surface area contributed by atoms with Crippen LogP contribution in [0.15, 0.2) is 4.52 Å². The van der Waals surface area contributed by atoms with E-state index in [0.717, 1.165) is 24.6 Å². The first kappa shape index (κ1) is 10.2. The number of anilines is 1. The van der Waals surface area contributed by atoms with E-state index >= 15 is 0 Å². The third kappa shape index (κ3) is 1.88. The van der Waals surface area contributed by atoms with Gasteiger partial charge in [0, 0.05) is 5.92 Å². The molecule has 2 aromatic rings.